The monoisotopic (exact) mass is 520 g/mol. The van der Waals surface area contributed by atoms with E-state index >= 15 is 0 Å². The fourth-order valence-electron chi connectivity index (χ4n) is 9.68. The van der Waals surface area contributed by atoms with Crippen LogP contribution >= 0.6 is 0 Å². The van der Waals surface area contributed by atoms with Crippen LogP contribution in [-0.4, -0.2) is 30.5 Å². The molecule has 206 valence electrons. The Hall–Kier alpha value is -1.66. The average molecular weight is 521 g/mol. The minimum atomic E-state index is -0.356. The van der Waals surface area contributed by atoms with Gasteiger partial charge in [0.15, 0.2) is 5.76 Å². The molecule has 4 aliphatic carbocycles. The van der Waals surface area contributed by atoms with Crippen LogP contribution in [0.2, 0.25) is 0 Å². The fraction of sp³-hybridized carbons (Fsp3) is 0.697. The van der Waals surface area contributed by atoms with Gasteiger partial charge in [0.25, 0.3) is 0 Å². The molecule has 1 saturated heterocycles. The maximum atomic E-state index is 11.5. The van der Waals surface area contributed by atoms with Gasteiger partial charge in [0.2, 0.25) is 6.29 Å². The Labute approximate surface area is 227 Å². The first-order valence-electron chi connectivity index (χ1n) is 15.2. The first-order valence-corrected chi connectivity index (χ1v) is 15.2. The summed E-state index contributed by atoms with van der Waals surface area (Å²) in [5.41, 5.74) is 2.71. The quantitative estimate of drug-likeness (QED) is 0.460. The molecule has 5 nitrogen and oxygen atoms in total. The molecule has 5 heteroatoms. The van der Waals surface area contributed by atoms with Gasteiger partial charge in [0, 0.05) is 0 Å². The van der Waals surface area contributed by atoms with Gasteiger partial charge in [0.05, 0.1) is 38.3 Å². The normalized spacial score (nSPS) is 41.0. The van der Waals surface area contributed by atoms with Crippen molar-refractivity contribution in [3.05, 3.63) is 59.5 Å². The third-order valence-corrected chi connectivity index (χ3v) is 11.4. The molecule has 4 saturated carbocycles. The van der Waals surface area contributed by atoms with Crippen molar-refractivity contribution in [1.29, 1.82) is 0 Å². The number of hydrogen-bond donors (Lipinski definition) is 1. The van der Waals surface area contributed by atoms with Gasteiger partial charge >= 0.3 is 0 Å². The minimum absolute atomic E-state index is 0.173. The highest BCUT2D eigenvalue weighted by Gasteiger charge is 2.60. The van der Waals surface area contributed by atoms with Gasteiger partial charge < -0.3 is 23.7 Å². The van der Waals surface area contributed by atoms with E-state index in [0.29, 0.717) is 37.1 Å². The lowest BCUT2D eigenvalue weighted by atomic mass is 9.49. The predicted octanol–water partition coefficient (Wildman–Crippen LogP) is 6.69. The van der Waals surface area contributed by atoms with Crippen LogP contribution in [-0.2, 0) is 27.2 Å². The molecular formula is C33H44O5. The van der Waals surface area contributed by atoms with Crippen LogP contribution in [0.25, 0.3) is 0 Å². The van der Waals surface area contributed by atoms with Crippen LogP contribution in [0.15, 0.2) is 47.1 Å². The van der Waals surface area contributed by atoms with Gasteiger partial charge in [-0.2, -0.15) is 0 Å². The van der Waals surface area contributed by atoms with Crippen molar-refractivity contribution >= 4 is 0 Å². The Morgan fingerprint density at radius 2 is 1.74 bits per heavy atom. The summed E-state index contributed by atoms with van der Waals surface area (Å²) in [5, 5.41) is 11.5. The van der Waals surface area contributed by atoms with Crippen LogP contribution in [0, 0.1) is 40.9 Å². The summed E-state index contributed by atoms with van der Waals surface area (Å²) >= 11 is 0. The summed E-state index contributed by atoms with van der Waals surface area (Å²) < 4.78 is 23.5. The minimum Gasteiger partial charge on any atom is -0.464 e. The van der Waals surface area contributed by atoms with Crippen LogP contribution in [0.4, 0.5) is 0 Å². The zero-order valence-corrected chi connectivity index (χ0v) is 22.8. The zero-order chi connectivity index (χ0) is 25.7. The van der Waals surface area contributed by atoms with E-state index in [1.54, 1.807) is 0 Å². The van der Waals surface area contributed by atoms with Crippen molar-refractivity contribution in [3.63, 3.8) is 0 Å². The number of fused-ring (bicyclic) bond motifs is 5. The van der Waals surface area contributed by atoms with Crippen LogP contribution in [0.1, 0.15) is 81.5 Å². The number of furan rings is 1. The molecule has 5 aliphatic rings. The first kappa shape index (κ1) is 25.3. The lowest BCUT2D eigenvalue weighted by Crippen LogP contribution is -2.51. The summed E-state index contributed by atoms with van der Waals surface area (Å²) in [6, 6.07) is 12.7. The SMILES string of the molecule is CC12CCC3C4CCC(OCc5ccccc5)CC4CCC3C1C(O)CC2Cc1coc(C2OCCO2)c1. The highest BCUT2D eigenvalue weighted by molar-refractivity contribution is 5.18. The summed E-state index contributed by atoms with van der Waals surface area (Å²) in [5.74, 6) is 4.80. The lowest BCUT2D eigenvalue weighted by Gasteiger charge is -2.56. The van der Waals surface area contributed by atoms with E-state index in [9.17, 15) is 5.11 Å². The van der Waals surface area contributed by atoms with Crippen molar-refractivity contribution in [2.75, 3.05) is 13.2 Å². The second-order valence-electron chi connectivity index (χ2n) is 13.3. The van der Waals surface area contributed by atoms with Crippen molar-refractivity contribution in [2.24, 2.45) is 40.9 Å². The van der Waals surface area contributed by atoms with Crippen molar-refractivity contribution in [1.82, 2.24) is 0 Å². The number of benzene rings is 1. The summed E-state index contributed by atoms with van der Waals surface area (Å²) in [7, 11) is 0. The molecule has 9 atom stereocenters. The van der Waals surface area contributed by atoms with E-state index in [2.05, 4.69) is 43.3 Å². The van der Waals surface area contributed by atoms with Gasteiger partial charge in [-0.3, -0.25) is 0 Å². The van der Waals surface area contributed by atoms with Gasteiger partial charge in [-0.15, -0.1) is 0 Å². The molecule has 2 aromatic rings. The average Bonchev–Trinajstić information content (AvgIpc) is 3.68. The maximum absolute atomic E-state index is 11.5. The Kier molecular flexibility index (Phi) is 6.92. The largest absolute Gasteiger partial charge is 0.464 e. The standard InChI is InChI=1S/C33H44O5/c1-33-12-11-27-26-10-8-25(37-19-21-5-3-2-4-6-21)17-23(26)7-9-28(27)31(33)29(34)18-24(33)15-22-16-30(38-20-22)32-35-13-14-36-32/h2-6,16,20,23-29,31-32,34H,7-15,17-19H2,1H3. The molecule has 1 aromatic heterocycles. The van der Waals surface area contributed by atoms with Crippen molar-refractivity contribution < 1.29 is 23.7 Å². The molecule has 2 heterocycles. The maximum Gasteiger partial charge on any atom is 0.217 e. The predicted molar refractivity (Wildman–Crippen MR) is 144 cm³/mol. The molecule has 9 unspecified atom stereocenters. The van der Waals surface area contributed by atoms with Crippen LogP contribution < -0.4 is 0 Å². The Balaban J connectivity index is 0.996. The van der Waals surface area contributed by atoms with E-state index in [0.717, 1.165) is 43.0 Å². The highest BCUT2D eigenvalue weighted by Crippen LogP contribution is 2.64. The van der Waals surface area contributed by atoms with Crippen molar-refractivity contribution in [3.8, 4) is 0 Å². The number of hydrogen-bond acceptors (Lipinski definition) is 5. The second kappa shape index (κ2) is 10.4. The smallest absolute Gasteiger partial charge is 0.217 e. The number of aliphatic hydroxyl groups is 1. The van der Waals surface area contributed by atoms with E-state index in [1.807, 2.05) is 6.26 Å². The molecule has 1 aromatic carbocycles. The molecule has 1 N–H and O–H groups in total. The van der Waals surface area contributed by atoms with E-state index < -0.39 is 0 Å². The molecule has 0 spiro atoms. The Morgan fingerprint density at radius 1 is 0.921 bits per heavy atom. The number of rotatable bonds is 6. The topological polar surface area (TPSA) is 61.1 Å². The summed E-state index contributed by atoms with van der Waals surface area (Å²) in [4.78, 5) is 0. The van der Waals surface area contributed by atoms with Gasteiger partial charge in [-0.05, 0) is 116 Å². The zero-order valence-electron chi connectivity index (χ0n) is 22.8. The van der Waals surface area contributed by atoms with E-state index in [1.165, 1.54) is 56.1 Å². The number of ether oxygens (including phenoxy) is 3. The highest BCUT2D eigenvalue weighted by atomic mass is 16.7. The first-order chi connectivity index (χ1) is 18.6. The van der Waals surface area contributed by atoms with Crippen LogP contribution in [0.3, 0.4) is 0 Å². The summed E-state index contributed by atoms with van der Waals surface area (Å²) in [6.45, 7) is 4.49. The fourth-order valence-corrected chi connectivity index (χ4v) is 9.68. The second-order valence-corrected chi connectivity index (χ2v) is 13.3. The molecule has 7 rings (SSSR count). The van der Waals surface area contributed by atoms with E-state index in [-0.39, 0.29) is 17.8 Å². The van der Waals surface area contributed by atoms with Gasteiger partial charge in [0.1, 0.15) is 0 Å². The molecule has 38 heavy (non-hydrogen) atoms. The molecule has 5 fully saturated rings. The number of aliphatic hydroxyl groups excluding tert-OH is 1. The molecule has 0 radical (unpaired) electrons. The Morgan fingerprint density at radius 3 is 2.58 bits per heavy atom. The van der Waals surface area contributed by atoms with Crippen LogP contribution in [0.5, 0.6) is 0 Å². The lowest BCUT2D eigenvalue weighted by molar-refractivity contribution is -0.107. The third-order valence-electron chi connectivity index (χ3n) is 11.4. The van der Waals surface area contributed by atoms with Gasteiger partial charge in [-0.25, -0.2) is 0 Å². The molecule has 1 aliphatic heterocycles. The van der Waals surface area contributed by atoms with Gasteiger partial charge in [-0.1, -0.05) is 37.3 Å². The molecule has 0 bridgehead atoms. The van der Waals surface area contributed by atoms with Crippen molar-refractivity contribution in [2.45, 2.75) is 89.8 Å². The van der Waals surface area contributed by atoms with E-state index in [4.69, 9.17) is 18.6 Å². The molecule has 0 amide bonds. The molecular weight excluding hydrogens is 476 g/mol. The Bertz CT molecular complexity index is 1080. The third kappa shape index (κ3) is 4.58. The summed E-state index contributed by atoms with van der Waals surface area (Å²) in [6.07, 6.45) is 12.6.